The standard InChI is InChI=1S/C21H29BrN2O8S/c1-4-31-21(14-25,33-5-2)32-19-8-6-10-23(19)20(26)15-12-17(29-3)18(30-11-7-9-22)13-16(15)24(27)28/h12-14,19H,4-11H2,1-3H3/t19-,21?/m0/s1. The minimum atomic E-state index is -1.55. The molecule has 1 heterocycles. The molecule has 0 spiro atoms. The van der Waals surface area contributed by atoms with Crippen molar-refractivity contribution in [1.29, 1.82) is 0 Å². The number of rotatable bonds is 14. The summed E-state index contributed by atoms with van der Waals surface area (Å²) < 4.78 is 22.5. The van der Waals surface area contributed by atoms with E-state index in [1.165, 1.54) is 35.9 Å². The van der Waals surface area contributed by atoms with E-state index in [1.54, 1.807) is 6.92 Å². The molecule has 33 heavy (non-hydrogen) atoms. The summed E-state index contributed by atoms with van der Waals surface area (Å²) in [6.07, 6.45) is 1.59. The van der Waals surface area contributed by atoms with Gasteiger partial charge in [0.25, 0.3) is 16.7 Å². The summed E-state index contributed by atoms with van der Waals surface area (Å²) in [5, 5.41) is 10.9. The van der Waals surface area contributed by atoms with Gasteiger partial charge in [-0.2, -0.15) is 0 Å². The number of hydrogen-bond donors (Lipinski definition) is 0. The summed E-state index contributed by atoms with van der Waals surface area (Å²) in [4.78, 5) is 37.8. The van der Waals surface area contributed by atoms with E-state index in [9.17, 15) is 19.7 Å². The maximum Gasteiger partial charge on any atom is 0.286 e. The van der Waals surface area contributed by atoms with E-state index in [0.29, 0.717) is 49.8 Å². The van der Waals surface area contributed by atoms with Gasteiger partial charge in [0, 0.05) is 24.5 Å². The average Bonchev–Trinajstić information content (AvgIpc) is 3.26. The summed E-state index contributed by atoms with van der Waals surface area (Å²) >= 11 is 4.47. The third-order valence-electron chi connectivity index (χ3n) is 4.84. The zero-order valence-electron chi connectivity index (χ0n) is 18.9. The molecule has 0 bridgehead atoms. The molecule has 0 aromatic heterocycles. The van der Waals surface area contributed by atoms with Crippen LogP contribution in [-0.2, 0) is 14.3 Å². The maximum atomic E-state index is 13.4. The van der Waals surface area contributed by atoms with Gasteiger partial charge in [-0.05, 0) is 31.9 Å². The lowest BCUT2D eigenvalue weighted by Crippen LogP contribution is -2.45. The molecule has 1 aliphatic heterocycles. The summed E-state index contributed by atoms with van der Waals surface area (Å²) in [6, 6.07) is 2.52. The number of nitro groups is 1. The zero-order chi connectivity index (χ0) is 24.4. The van der Waals surface area contributed by atoms with Crippen molar-refractivity contribution in [2.45, 2.75) is 44.5 Å². The minimum absolute atomic E-state index is 0.142. The Balaban J connectivity index is 2.37. The topological polar surface area (TPSA) is 117 Å². The van der Waals surface area contributed by atoms with Crippen LogP contribution >= 0.6 is 27.7 Å². The van der Waals surface area contributed by atoms with Crippen molar-refractivity contribution >= 4 is 45.6 Å². The molecule has 0 N–H and O–H groups in total. The molecule has 1 amide bonds. The SMILES string of the molecule is CCOC(C=O)(O[C@H]1CCCN1C(=O)c1cc(OC)c(OCCCBr)cc1[N+](=O)[O-])SCC. The number of methoxy groups -OCH3 is 1. The fourth-order valence-corrected chi connectivity index (χ4v) is 4.50. The predicted octanol–water partition coefficient (Wildman–Crippen LogP) is 3.99. The summed E-state index contributed by atoms with van der Waals surface area (Å²) in [5.41, 5.74) is -0.536. The average molecular weight is 549 g/mol. The van der Waals surface area contributed by atoms with Crippen LogP contribution in [0.2, 0.25) is 0 Å². The fraction of sp³-hybridized carbons (Fsp3) is 0.619. The molecule has 0 aliphatic carbocycles. The summed E-state index contributed by atoms with van der Waals surface area (Å²) in [5.74, 6) is 0.366. The van der Waals surface area contributed by atoms with Gasteiger partial charge in [-0.3, -0.25) is 19.7 Å². The molecular formula is C21H29BrN2O8S. The second-order valence-corrected chi connectivity index (χ2v) is 9.20. The molecule has 1 unspecified atom stereocenters. The number of carbonyl (C=O) groups is 2. The number of aldehydes is 1. The molecule has 1 aliphatic rings. The second kappa shape index (κ2) is 13.1. The minimum Gasteiger partial charge on any atom is -0.493 e. The lowest BCUT2D eigenvalue weighted by Gasteiger charge is -2.33. The molecule has 1 saturated heterocycles. The van der Waals surface area contributed by atoms with Crippen molar-refractivity contribution < 1.29 is 33.5 Å². The molecule has 184 valence electrons. The number of nitrogens with zero attached hydrogens (tertiary/aromatic N) is 2. The zero-order valence-corrected chi connectivity index (χ0v) is 21.3. The largest absolute Gasteiger partial charge is 0.493 e. The number of carbonyl (C=O) groups excluding carboxylic acids is 2. The highest BCUT2D eigenvalue weighted by atomic mass is 79.9. The lowest BCUT2D eigenvalue weighted by atomic mass is 10.1. The number of benzene rings is 1. The van der Waals surface area contributed by atoms with E-state index in [4.69, 9.17) is 18.9 Å². The van der Waals surface area contributed by atoms with Crippen molar-refractivity contribution in [2.24, 2.45) is 0 Å². The van der Waals surface area contributed by atoms with Crippen molar-refractivity contribution in [3.05, 3.63) is 27.8 Å². The fourth-order valence-electron chi connectivity index (χ4n) is 3.42. The Morgan fingerprint density at radius 3 is 2.73 bits per heavy atom. The lowest BCUT2D eigenvalue weighted by molar-refractivity contribution is -0.385. The quantitative estimate of drug-likeness (QED) is 0.0848. The Bertz CT molecular complexity index is 835. The van der Waals surface area contributed by atoms with Crippen LogP contribution in [0.5, 0.6) is 11.5 Å². The number of likely N-dealkylation sites (tertiary alicyclic amines) is 1. The first-order chi connectivity index (χ1) is 15.9. The molecule has 10 nitrogen and oxygen atoms in total. The van der Waals surface area contributed by atoms with Gasteiger partial charge in [0.05, 0.1) is 24.7 Å². The van der Waals surface area contributed by atoms with Gasteiger partial charge in [-0.25, -0.2) is 0 Å². The van der Waals surface area contributed by atoms with Gasteiger partial charge in [0.15, 0.2) is 17.8 Å². The van der Waals surface area contributed by atoms with E-state index in [1.807, 2.05) is 6.92 Å². The summed E-state index contributed by atoms with van der Waals surface area (Å²) in [7, 11) is 1.40. The van der Waals surface area contributed by atoms with Crippen molar-refractivity contribution in [2.75, 3.05) is 38.0 Å². The number of hydrogen-bond acceptors (Lipinski definition) is 9. The van der Waals surface area contributed by atoms with Gasteiger partial charge in [-0.15, -0.1) is 0 Å². The number of ether oxygens (including phenoxy) is 4. The van der Waals surface area contributed by atoms with Crippen LogP contribution in [0.4, 0.5) is 5.69 Å². The van der Waals surface area contributed by atoms with Gasteiger partial charge in [0.1, 0.15) is 11.8 Å². The van der Waals surface area contributed by atoms with Crippen LogP contribution in [0.3, 0.4) is 0 Å². The Kier molecular flexibility index (Phi) is 10.9. The Hall–Kier alpha value is -1.89. The van der Waals surface area contributed by atoms with E-state index in [-0.39, 0.29) is 23.7 Å². The van der Waals surface area contributed by atoms with E-state index in [0.717, 1.165) is 0 Å². The number of amides is 1. The number of halogens is 1. The van der Waals surface area contributed by atoms with Crippen molar-refractivity contribution in [3.63, 3.8) is 0 Å². The number of alkyl halides is 1. The normalized spacial score (nSPS) is 17.5. The molecule has 0 saturated carbocycles. The third kappa shape index (κ3) is 6.81. The molecule has 2 atom stereocenters. The molecule has 1 aromatic carbocycles. The molecule has 12 heteroatoms. The monoisotopic (exact) mass is 548 g/mol. The van der Waals surface area contributed by atoms with Crippen LogP contribution in [0, 0.1) is 10.1 Å². The van der Waals surface area contributed by atoms with E-state index >= 15 is 0 Å². The Labute approximate surface area is 205 Å². The third-order valence-corrected chi connectivity index (χ3v) is 6.40. The maximum absolute atomic E-state index is 13.4. The smallest absolute Gasteiger partial charge is 0.286 e. The van der Waals surface area contributed by atoms with Crippen LogP contribution < -0.4 is 9.47 Å². The molecule has 0 radical (unpaired) electrons. The van der Waals surface area contributed by atoms with Crippen molar-refractivity contribution in [1.82, 2.24) is 4.90 Å². The van der Waals surface area contributed by atoms with Crippen LogP contribution in [0.1, 0.15) is 43.5 Å². The van der Waals surface area contributed by atoms with Gasteiger partial charge < -0.3 is 23.8 Å². The first-order valence-corrected chi connectivity index (χ1v) is 12.7. The molecular weight excluding hydrogens is 520 g/mol. The first-order valence-electron chi connectivity index (χ1n) is 10.6. The number of nitro benzene ring substituents is 1. The highest BCUT2D eigenvalue weighted by Crippen LogP contribution is 2.38. The van der Waals surface area contributed by atoms with Crippen LogP contribution in [-0.4, -0.2) is 71.3 Å². The Morgan fingerprint density at radius 2 is 2.15 bits per heavy atom. The Morgan fingerprint density at radius 1 is 1.39 bits per heavy atom. The molecule has 1 aromatic rings. The van der Waals surface area contributed by atoms with Crippen LogP contribution in [0.25, 0.3) is 0 Å². The van der Waals surface area contributed by atoms with Gasteiger partial charge in [0.2, 0.25) is 0 Å². The highest BCUT2D eigenvalue weighted by molar-refractivity contribution is 9.09. The van der Waals surface area contributed by atoms with E-state index in [2.05, 4.69) is 15.9 Å². The molecule has 1 fully saturated rings. The molecule has 2 rings (SSSR count). The second-order valence-electron chi connectivity index (χ2n) is 6.97. The number of thioether (sulfide) groups is 1. The first kappa shape index (κ1) is 27.4. The summed E-state index contributed by atoms with van der Waals surface area (Å²) in [6.45, 7) is 4.50. The predicted molar refractivity (Wildman–Crippen MR) is 127 cm³/mol. The van der Waals surface area contributed by atoms with Gasteiger partial charge >= 0.3 is 0 Å². The van der Waals surface area contributed by atoms with E-state index < -0.39 is 27.9 Å². The highest BCUT2D eigenvalue weighted by Gasteiger charge is 2.41. The van der Waals surface area contributed by atoms with Crippen LogP contribution in [0.15, 0.2) is 12.1 Å². The van der Waals surface area contributed by atoms with Gasteiger partial charge in [-0.1, -0.05) is 34.6 Å². The van der Waals surface area contributed by atoms with Crippen molar-refractivity contribution in [3.8, 4) is 11.5 Å².